The molecule has 1 fully saturated rings. The van der Waals surface area contributed by atoms with E-state index in [-0.39, 0.29) is 5.56 Å². The summed E-state index contributed by atoms with van der Waals surface area (Å²) in [5.74, 6) is 0.502. The van der Waals surface area contributed by atoms with E-state index < -0.39 is 0 Å². The Morgan fingerprint density at radius 3 is 3.06 bits per heavy atom. The highest BCUT2D eigenvalue weighted by Crippen LogP contribution is 2.27. The molecule has 0 saturated heterocycles. The second-order valence-electron chi connectivity index (χ2n) is 4.57. The first-order valence-corrected chi connectivity index (χ1v) is 6.28. The van der Waals surface area contributed by atoms with Crippen molar-refractivity contribution in [2.45, 2.75) is 31.9 Å². The number of nitrogens with zero attached hydrogens (tertiary/aromatic N) is 1. The fraction of sp³-hybridized carbons (Fsp3) is 0.615. The summed E-state index contributed by atoms with van der Waals surface area (Å²) in [4.78, 5) is 11.5. The Morgan fingerprint density at radius 2 is 2.29 bits per heavy atom. The smallest absolute Gasteiger partial charge is 0.250 e. The summed E-state index contributed by atoms with van der Waals surface area (Å²) in [6.07, 6.45) is 5.57. The second-order valence-corrected chi connectivity index (χ2v) is 4.57. The van der Waals surface area contributed by atoms with Crippen LogP contribution >= 0.6 is 0 Å². The zero-order chi connectivity index (χ0) is 12.1. The van der Waals surface area contributed by atoms with Crippen LogP contribution in [0, 0.1) is 5.92 Å². The van der Waals surface area contributed by atoms with Gasteiger partial charge in [0.1, 0.15) is 0 Å². The Bertz CT molecular complexity index is 402. The average molecular weight is 236 g/mol. The molecule has 1 aliphatic rings. The van der Waals surface area contributed by atoms with E-state index in [0.29, 0.717) is 31.7 Å². The van der Waals surface area contributed by atoms with Crippen molar-refractivity contribution in [2.24, 2.45) is 11.7 Å². The van der Waals surface area contributed by atoms with Crippen molar-refractivity contribution in [1.29, 1.82) is 0 Å². The molecule has 17 heavy (non-hydrogen) atoms. The van der Waals surface area contributed by atoms with Crippen molar-refractivity contribution in [3.8, 4) is 0 Å². The first kappa shape index (κ1) is 12.3. The third kappa shape index (κ3) is 3.17. The van der Waals surface area contributed by atoms with Crippen molar-refractivity contribution < 1.29 is 4.74 Å². The number of pyridine rings is 1. The lowest BCUT2D eigenvalue weighted by Crippen LogP contribution is -2.28. The number of nitrogens with two attached hydrogens (primary N) is 1. The molecule has 0 radical (unpaired) electrons. The number of rotatable bonds is 5. The van der Waals surface area contributed by atoms with Gasteiger partial charge in [0, 0.05) is 18.8 Å². The number of hydrogen-bond acceptors (Lipinski definition) is 3. The summed E-state index contributed by atoms with van der Waals surface area (Å²) >= 11 is 0. The van der Waals surface area contributed by atoms with Gasteiger partial charge >= 0.3 is 0 Å². The highest BCUT2D eigenvalue weighted by atomic mass is 16.5. The molecule has 2 N–H and O–H groups in total. The molecule has 0 spiro atoms. The van der Waals surface area contributed by atoms with Crippen LogP contribution in [0.25, 0.3) is 0 Å². The van der Waals surface area contributed by atoms with Crippen molar-refractivity contribution in [2.75, 3.05) is 13.2 Å². The first-order valence-electron chi connectivity index (χ1n) is 6.28. The summed E-state index contributed by atoms with van der Waals surface area (Å²) in [6, 6.07) is 5.18. The molecule has 4 heteroatoms. The lowest BCUT2D eigenvalue weighted by molar-refractivity contribution is 0.0253. The molecule has 1 heterocycles. The van der Waals surface area contributed by atoms with Crippen LogP contribution in [0.3, 0.4) is 0 Å². The van der Waals surface area contributed by atoms with Gasteiger partial charge in [-0.2, -0.15) is 0 Å². The van der Waals surface area contributed by atoms with E-state index in [1.54, 1.807) is 22.9 Å². The summed E-state index contributed by atoms with van der Waals surface area (Å²) in [5.41, 5.74) is 5.72. The minimum atomic E-state index is 0.0258. The predicted octanol–water partition coefficient (Wildman–Crippen LogP) is 0.992. The van der Waals surface area contributed by atoms with E-state index >= 15 is 0 Å². The van der Waals surface area contributed by atoms with Crippen LogP contribution in [-0.4, -0.2) is 23.8 Å². The molecule has 0 amide bonds. The van der Waals surface area contributed by atoms with Gasteiger partial charge in [-0.1, -0.05) is 12.5 Å². The molecule has 0 aliphatic heterocycles. The van der Waals surface area contributed by atoms with Gasteiger partial charge in [0.2, 0.25) is 0 Å². The Morgan fingerprint density at radius 1 is 1.41 bits per heavy atom. The van der Waals surface area contributed by atoms with E-state index in [1.807, 2.05) is 6.07 Å². The van der Waals surface area contributed by atoms with E-state index in [1.165, 1.54) is 12.8 Å². The standard InChI is InChI=1S/C13H20N2O2/c14-10-11-4-3-5-12(11)17-9-8-15-7-2-1-6-13(15)16/h1-2,6-7,11-12H,3-5,8-10,14H2. The van der Waals surface area contributed by atoms with Crippen molar-refractivity contribution >= 4 is 0 Å². The van der Waals surface area contributed by atoms with Gasteiger partial charge in [0.15, 0.2) is 0 Å². The maximum Gasteiger partial charge on any atom is 0.250 e. The topological polar surface area (TPSA) is 57.2 Å². The second kappa shape index (κ2) is 5.98. The van der Waals surface area contributed by atoms with Crippen LogP contribution < -0.4 is 11.3 Å². The molecular weight excluding hydrogens is 216 g/mol. The maximum absolute atomic E-state index is 11.5. The van der Waals surface area contributed by atoms with Crippen molar-refractivity contribution in [1.82, 2.24) is 4.57 Å². The average Bonchev–Trinajstić information content (AvgIpc) is 2.79. The third-order valence-corrected chi connectivity index (χ3v) is 3.46. The molecule has 4 nitrogen and oxygen atoms in total. The Hall–Kier alpha value is -1.13. The molecule has 2 atom stereocenters. The molecule has 1 saturated carbocycles. The van der Waals surface area contributed by atoms with E-state index in [9.17, 15) is 4.79 Å². The molecule has 1 aliphatic carbocycles. The summed E-state index contributed by atoms with van der Waals surface area (Å²) in [7, 11) is 0. The van der Waals surface area contributed by atoms with Gasteiger partial charge in [-0.3, -0.25) is 4.79 Å². The molecule has 94 valence electrons. The third-order valence-electron chi connectivity index (χ3n) is 3.46. The quantitative estimate of drug-likeness (QED) is 0.829. The minimum Gasteiger partial charge on any atom is -0.376 e. The highest BCUT2D eigenvalue weighted by molar-refractivity contribution is 4.93. The van der Waals surface area contributed by atoms with Gasteiger partial charge in [-0.25, -0.2) is 0 Å². The zero-order valence-corrected chi connectivity index (χ0v) is 10.0. The predicted molar refractivity (Wildman–Crippen MR) is 66.8 cm³/mol. The lowest BCUT2D eigenvalue weighted by atomic mass is 10.1. The fourth-order valence-corrected chi connectivity index (χ4v) is 2.44. The van der Waals surface area contributed by atoms with E-state index in [2.05, 4.69) is 0 Å². The maximum atomic E-state index is 11.5. The van der Waals surface area contributed by atoms with Gasteiger partial charge in [0.05, 0.1) is 12.7 Å². The zero-order valence-electron chi connectivity index (χ0n) is 10.0. The summed E-state index contributed by atoms with van der Waals surface area (Å²) in [5, 5.41) is 0. The van der Waals surface area contributed by atoms with E-state index in [4.69, 9.17) is 10.5 Å². The van der Waals surface area contributed by atoms with Gasteiger partial charge in [0.25, 0.3) is 5.56 Å². The van der Waals surface area contributed by atoms with E-state index in [0.717, 1.165) is 6.42 Å². The Kier molecular flexibility index (Phi) is 4.34. The van der Waals surface area contributed by atoms with Crippen molar-refractivity contribution in [3.05, 3.63) is 34.7 Å². The van der Waals surface area contributed by atoms with Gasteiger partial charge < -0.3 is 15.0 Å². The van der Waals surface area contributed by atoms with Crippen molar-refractivity contribution in [3.63, 3.8) is 0 Å². The molecule has 1 aromatic heterocycles. The molecule has 0 bridgehead atoms. The highest BCUT2D eigenvalue weighted by Gasteiger charge is 2.26. The Labute approximate surface area is 101 Å². The number of hydrogen-bond donors (Lipinski definition) is 1. The fourth-order valence-electron chi connectivity index (χ4n) is 2.44. The van der Waals surface area contributed by atoms with Crippen LogP contribution in [-0.2, 0) is 11.3 Å². The SMILES string of the molecule is NCC1CCCC1OCCn1ccccc1=O. The largest absolute Gasteiger partial charge is 0.376 e. The molecule has 0 aromatic carbocycles. The Balaban J connectivity index is 1.80. The first-order chi connectivity index (χ1) is 8.31. The minimum absolute atomic E-state index is 0.0258. The molecular formula is C13H20N2O2. The van der Waals surface area contributed by atoms with Gasteiger partial charge in [-0.05, 0) is 31.4 Å². The van der Waals surface area contributed by atoms with Crippen LogP contribution in [0.15, 0.2) is 29.2 Å². The van der Waals surface area contributed by atoms with Crippen LogP contribution in [0.1, 0.15) is 19.3 Å². The normalized spacial score (nSPS) is 24.1. The van der Waals surface area contributed by atoms with Crippen LogP contribution in [0.4, 0.5) is 0 Å². The van der Waals surface area contributed by atoms with Crippen LogP contribution in [0.2, 0.25) is 0 Å². The molecule has 1 aromatic rings. The number of aromatic nitrogens is 1. The monoisotopic (exact) mass is 236 g/mol. The number of ether oxygens (including phenoxy) is 1. The molecule has 2 unspecified atom stereocenters. The van der Waals surface area contributed by atoms with Gasteiger partial charge in [-0.15, -0.1) is 0 Å². The lowest BCUT2D eigenvalue weighted by Gasteiger charge is -2.18. The summed E-state index contributed by atoms with van der Waals surface area (Å²) < 4.78 is 7.50. The summed E-state index contributed by atoms with van der Waals surface area (Å²) in [6.45, 7) is 1.91. The molecule has 2 rings (SSSR count). The van der Waals surface area contributed by atoms with Crippen LogP contribution in [0.5, 0.6) is 0 Å².